The summed E-state index contributed by atoms with van der Waals surface area (Å²) in [7, 11) is 0. The van der Waals surface area contributed by atoms with Crippen LogP contribution in [0, 0.1) is 0 Å². The highest BCUT2D eigenvalue weighted by molar-refractivity contribution is 5.93. The van der Waals surface area contributed by atoms with Gasteiger partial charge in [0.05, 0.1) is 0 Å². The molecule has 0 saturated heterocycles. The topological polar surface area (TPSA) is 18.8 Å². The predicted molar refractivity (Wildman–Crippen MR) is 78.4 cm³/mol. The van der Waals surface area contributed by atoms with Crippen molar-refractivity contribution in [3.8, 4) is 0 Å². The summed E-state index contributed by atoms with van der Waals surface area (Å²) in [5.41, 5.74) is 5.18. The van der Waals surface area contributed by atoms with Crippen LogP contribution in [0.3, 0.4) is 0 Å². The number of para-hydroxylation sites is 2. The van der Waals surface area contributed by atoms with E-state index in [2.05, 4.69) is 70.4 Å². The zero-order valence-electron chi connectivity index (χ0n) is 10.6. The zero-order valence-corrected chi connectivity index (χ0v) is 10.6. The lowest BCUT2D eigenvalue weighted by Gasteiger charge is -2.08. The summed E-state index contributed by atoms with van der Waals surface area (Å²) >= 11 is 0. The molecule has 1 aromatic heterocycles. The summed E-state index contributed by atoms with van der Waals surface area (Å²) < 4.78 is 2.32. The van der Waals surface area contributed by atoms with Gasteiger partial charge in [-0.15, -0.1) is 0 Å². The molecule has 4 rings (SSSR count). The van der Waals surface area contributed by atoms with Crippen molar-refractivity contribution in [2.45, 2.75) is 6.42 Å². The van der Waals surface area contributed by atoms with Gasteiger partial charge in [0, 0.05) is 29.5 Å². The van der Waals surface area contributed by atoms with Crippen molar-refractivity contribution in [3.05, 3.63) is 65.9 Å². The Labute approximate surface area is 112 Å². The molecule has 2 nitrogen and oxygen atoms in total. The van der Waals surface area contributed by atoms with Gasteiger partial charge in [-0.05, 0) is 11.6 Å². The van der Waals surface area contributed by atoms with E-state index in [9.17, 15) is 0 Å². The lowest BCUT2D eigenvalue weighted by molar-refractivity contribution is -0.436. The predicted octanol–water partition coefficient (Wildman–Crippen LogP) is 3.49. The van der Waals surface area contributed by atoms with Crippen LogP contribution in [0.25, 0.3) is 10.9 Å². The van der Waals surface area contributed by atoms with E-state index in [0.29, 0.717) is 0 Å². The van der Waals surface area contributed by atoms with Crippen molar-refractivity contribution in [1.82, 2.24) is 4.98 Å². The lowest BCUT2D eigenvalue weighted by Crippen LogP contribution is -2.18. The number of fused-ring (bicyclic) bond motifs is 3. The van der Waals surface area contributed by atoms with Crippen molar-refractivity contribution in [3.63, 3.8) is 0 Å². The van der Waals surface area contributed by atoms with E-state index >= 15 is 0 Å². The van der Waals surface area contributed by atoms with Gasteiger partial charge in [0.1, 0.15) is 5.69 Å². The van der Waals surface area contributed by atoms with Crippen molar-refractivity contribution >= 4 is 22.8 Å². The first-order chi connectivity index (χ1) is 9.42. The maximum Gasteiger partial charge on any atom is 0.205 e. The SMILES string of the molecule is C1=[N+](c2ccccc2)CCc2c1[nH]c1ccccc21. The molecule has 0 aliphatic carbocycles. The van der Waals surface area contributed by atoms with Gasteiger partial charge < -0.3 is 4.98 Å². The fourth-order valence-electron chi connectivity index (χ4n) is 2.88. The third-order valence-electron chi connectivity index (χ3n) is 3.82. The van der Waals surface area contributed by atoms with Crippen LogP contribution in [0.2, 0.25) is 0 Å². The van der Waals surface area contributed by atoms with Gasteiger partial charge in [-0.1, -0.05) is 36.4 Å². The fourth-order valence-corrected chi connectivity index (χ4v) is 2.88. The monoisotopic (exact) mass is 247 g/mol. The van der Waals surface area contributed by atoms with Crippen LogP contribution in [-0.2, 0) is 6.42 Å². The van der Waals surface area contributed by atoms with Crippen LogP contribution in [-0.4, -0.2) is 22.3 Å². The van der Waals surface area contributed by atoms with Gasteiger partial charge in [0.15, 0.2) is 12.8 Å². The molecule has 2 aromatic carbocycles. The Morgan fingerprint density at radius 2 is 1.68 bits per heavy atom. The summed E-state index contributed by atoms with van der Waals surface area (Å²) in [5, 5.41) is 1.36. The molecule has 0 spiro atoms. The van der Waals surface area contributed by atoms with Crippen LogP contribution in [0.1, 0.15) is 11.3 Å². The number of hydrogen-bond donors (Lipinski definition) is 1. The third-order valence-corrected chi connectivity index (χ3v) is 3.82. The summed E-state index contributed by atoms with van der Waals surface area (Å²) in [6.07, 6.45) is 3.32. The Morgan fingerprint density at radius 3 is 2.58 bits per heavy atom. The molecule has 0 bridgehead atoms. The lowest BCUT2D eigenvalue weighted by atomic mass is 10.1. The first kappa shape index (κ1) is 10.6. The molecule has 0 atom stereocenters. The van der Waals surface area contributed by atoms with Crippen LogP contribution < -0.4 is 0 Å². The molecule has 19 heavy (non-hydrogen) atoms. The van der Waals surface area contributed by atoms with Crippen molar-refractivity contribution in [2.75, 3.05) is 6.54 Å². The highest BCUT2D eigenvalue weighted by atomic mass is 15.0. The second kappa shape index (κ2) is 4.09. The van der Waals surface area contributed by atoms with Gasteiger partial charge in [-0.25, -0.2) is 0 Å². The third kappa shape index (κ3) is 1.68. The molecule has 0 fully saturated rings. The molecule has 0 amide bonds. The normalized spacial score (nSPS) is 14.2. The summed E-state index contributed by atoms with van der Waals surface area (Å²) in [5.74, 6) is 0. The van der Waals surface area contributed by atoms with E-state index in [1.54, 1.807) is 0 Å². The van der Waals surface area contributed by atoms with Crippen molar-refractivity contribution < 1.29 is 4.58 Å². The molecule has 1 aliphatic heterocycles. The summed E-state index contributed by atoms with van der Waals surface area (Å²) in [6.45, 7) is 1.04. The Hall–Kier alpha value is -2.35. The highest BCUT2D eigenvalue weighted by Crippen LogP contribution is 2.25. The largest absolute Gasteiger partial charge is 0.350 e. The first-order valence-electron chi connectivity index (χ1n) is 6.68. The fraction of sp³-hybridized carbons (Fsp3) is 0.118. The summed E-state index contributed by atoms with van der Waals surface area (Å²) in [6, 6.07) is 19.1. The molecule has 2 heteroatoms. The van der Waals surface area contributed by atoms with Gasteiger partial charge in [0.2, 0.25) is 5.69 Å². The second-order valence-electron chi connectivity index (χ2n) is 4.97. The molecule has 92 valence electrons. The minimum atomic E-state index is 1.04. The highest BCUT2D eigenvalue weighted by Gasteiger charge is 2.21. The Morgan fingerprint density at radius 1 is 0.895 bits per heavy atom. The van der Waals surface area contributed by atoms with Gasteiger partial charge in [-0.2, -0.15) is 4.58 Å². The minimum Gasteiger partial charge on any atom is -0.350 e. The molecule has 0 unspecified atom stereocenters. The Bertz CT molecular complexity index is 766. The van der Waals surface area contributed by atoms with E-state index in [1.165, 1.54) is 27.8 Å². The average Bonchev–Trinajstić information content (AvgIpc) is 2.86. The van der Waals surface area contributed by atoms with Crippen LogP contribution in [0.4, 0.5) is 5.69 Å². The molecule has 1 N–H and O–H groups in total. The van der Waals surface area contributed by atoms with E-state index in [1.807, 2.05) is 0 Å². The molecular weight excluding hydrogens is 232 g/mol. The van der Waals surface area contributed by atoms with Crippen LogP contribution in [0.5, 0.6) is 0 Å². The van der Waals surface area contributed by atoms with Gasteiger partial charge in [-0.3, -0.25) is 0 Å². The molecule has 2 heterocycles. The Balaban J connectivity index is 1.87. The molecule has 0 saturated carbocycles. The molecule has 3 aromatic rings. The van der Waals surface area contributed by atoms with E-state index in [4.69, 9.17) is 0 Å². The number of hydrogen-bond acceptors (Lipinski definition) is 0. The number of rotatable bonds is 1. The standard InChI is InChI=1S/C17H14N2/c1-2-6-13(7-3-1)19-11-10-15-14-8-4-5-9-16(14)18-17(15)12-19/h1-9,12H,10-11H2/p+1. The van der Waals surface area contributed by atoms with Crippen molar-refractivity contribution in [2.24, 2.45) is 0 Å². The maximum absolute atomic E-state index is 3.52. The molecule has 1 aliphatic rings. The number of benzene rings is 2. The maximum atomic E-state index is 3.52. The second-order valence-corrected chi connectivity index (χ2v) is 4.97. The number of nitrogens with zero attached hydrogens (tertiary/aromatic N) is 1. The molecule has 0 radical (unpaired) electrons. The van der Waals surface area contributed by atoms with Gasteiger partial charge in [0.25, 0.3) is 0 Å². The minimum absolute atomic E-state index is 1.04. The van der Waals surface area contributed by atoms with Crippen LogP contribution in [0.15, 0.2) is 54.6 Å². The van der Waals surface area contributed by atoms with Gasteiger partial charge >= 0.3 is 0 Å². The quantitative estimate of drug-likeness (QED) is 0.635. The molecular formula is C17H15N2+. The van der Waals surface area contributed by atoms with Crippen LogP contribution >= 0.6 is 0 Å². The number of nitrogens with one attached hydrogen (secondary N) is 1. The number of H-pyrrole nitrogens is 1. The average molecular weight is 247 g/mol. The Kier molecular flexibility index (Phi) is 2.27. The van der Waals surface area contributed by atoms with E-state index in [-0.39, 0.29) is 0 Å². The smallest absolute Gasteiger partial charge is 0.205 e. The number of aromatic nitrogens is 1. The van der Waals surface area contributed by atoms with Crippen molar-refractivity contribution in [1.29, 1.82) is 0 Å². The summed E-state index contributed by atoms with van der Waals surface area (Å²) in [4.78, 5) is 3.52. The number of aromatic amines is 1. The van der Waals surface area contributed by atoms with E-state index < -0.39 is 0 Å². The zero-order chi connectivity index (χ0) is 12.7. The first-order valence-corrected chi connectivity index (χ1v) is 6.68. The van der Waals surface area contributed by atoms with E-state index in [0.717, 1.165) is 13.0 Å².